The van der Waals surface area contributed by atoms with E-state index in [0.717, 1.165) is 16.7 Å². The first-order valence-corrected chi connectivity index (χ1v) is 24.5. The molecule has 0 saturated heterocycles. The van der Waals surface area contributed by atoms with Crippen LogP contribution in [-0.2, 0) is 41.2 Å². The summed E-state index contributed by atoms with van der Waals surface area (Å²) in [5.41, 5.74) is 14.3. The number of aromatic nitrogens is 2. The molecule has 4 bridgehead atoms. The average molecular weight is 1030 g/mol. The van der Waals surface area contributed by atoms with E-state index in [1.807, 2.05) is 35.1 Å². The lowest BCUT2D eigenvalue weighted by Crippen LogP contribution is -2.57. The van der Waals surface area contributed by atoms with E-state index in [0.29, 0.717) is 17.0 Å². The molecular weight excluding hydrogens is 965 g/mol. The van der Waals surface area contributed by atoms with Gasteiger partial charge in [-0.25, -0.2) is 15.1 Å². The predicted octanol–water partition coefficient (Wildman–Crippen LogP) is 0.437. The van der Waals surface area contributed by atoms with Crippen molar-refractivity contribution in [2.24, 2.45) is 16.6 Å². The summed E-state index contributed by atoms with van der Waals surface area (Å²) in [7, 11) is -3.28. The lowest BCUT2D eigenvalue weighted by Gasteiger charge is -2.32. The van der Waals surface area contributed by atoms with E-state index in [1.54, 1.807) is 26.0 Å². The Morgan fingerprint density at radius 1 is 0.986 bits per heavy atom. The van der Waals surface area contributed by atoms with Gasteiger partial charge in [0.1, 0.15) is 66.9 Å². The van der Waals surface area contributed by atoms with Gasteiger partial charge in [0.2, 0.25) is 23.6 Å². The molecule has 1 aromatic heterocycles. The summed E-state index contributed by atoms with van der Waals surface area (Å²) in [5.74, 6) is -4.26. The van der Waals surface area contributed by atoms with Crippen molar-refractivity contribution in [1.29, 1.82) is 5.26 Å². The summed E-state index contributed by atoms with van der Waals surface area (Å²) in [6.45, 7) is 8.76. The minimum atomic E-state index is -4.49. The second-order valence-corrected chi connectivity index (χ2v) is 19.7. The maximum Gasteiger partial charge on any atom is 0.274 e. The van der Waals surface area contributed by atoms with Gasteiger partial charge in [-0.2, -0.15) is 18.4 Å². The van der Waals surface area contributed by atoms with E-state index in [4.69, 9.17) is 26.1 Å². The zero-order chi connectivity index (χ0) is 53.9. The molecule has 5 rings (SSSR count). The first-order valence-electron chi connectivity index (χ1n) is 22.9. The van der Waals surface area contributed by atoms with Gasteiger partial charge < -0.3 is 57.3 Å². The topological polar surface area (TPSA) is 369 Å². The quantitative estimate of drug-likeness (QED) is 0.0507. The molecule has 1 aliphatic rings. The molecule has 5 atom stereocenters. The minimum absolute atomic E-state index is 0.0174. The monoisotopic (exact) mass is 1030 g/mol. The van der Waals surface area contributed by atoms with Crippen molar-refractivity contribution in [2.75, 3.05) is 39.8 Å². The molecule has 0 spiro atoms. The van der Waals surface area contributed by atoms with E-state index in [-0.39, 0.29) is 82.4 Å². The van der Waals surface area contributed by atoms with Gasteiger partial charge in [-0.1, -0.05) is 57.2 Å². The zero-order valence-corrected chi connectivity index (χ0v) is 42.3. The van der Waals surface area contributed by atoms with E-state index in [9.17, 15) is 47.9 Å². The molecule has 5 amide bonds. The number of hydrogen-bond donors (Lipinski definition) is 10. The molecule has 0 fully saturated rings. The van der Waals surface area contributed by atoms with Gasteiger partial charge in [-0.05, 0) is 67.1 Å². The molecule has 390 valence electrons. The third-order valence-corrected chi connectivity index (χ3v) is 12.2. The smallest absolute Gasteiger partial charge is 0.274 e. The number of aryl methyl sites for hydroxylation is 2. The van der Waals surface area contributed by atoms with Crippen LogP contribution in [0.3, 0.4) is 0 Å². The molecule has 0 saturated carbocycles. The number of carbonyl (C=O) groups excluding carboxylic acids is 5. The Labute approximate surface area is 423 Å². The molecule has 4 aromatic rings. The normalized spacial score (nSPS) is 17.1. The Morgan fingerprint density at radius 3 is 2.23 bits per heavy atom. The number of hydrogen-bond acceptors (Lipinski definition) is 16. The molecule has 13 N–H and O–H groups in total. The summed E-state index contributed by atoms with van der Waals surface area (Å²) < 4.78 is 38.6. The number of amides is 5. The molecule has 2 heterocycles. The van der Waals surface area contributed by atoms with Crippen LogP contribution in [0.15, 0.2) is 72.7 Å². The van der Waals surface area contributed by atoms with Crippen LogP contribution in [-0.4, -0.2) is 127 Å². The van der Waals surface area contributed by atoms with E-state index >= 15 is 0 Å². The van der Waals surface area contributed by atoms with Crippen molar-refractivity contribution in [2.45, 2.75) is 83.6 Å². The maximum absolute atomic E-state index is 14.9. The van der Waals surface area contributed by atoms with Crippen molar-refractivity contribution < 1.29 is 52.1 Å². The minimum Gasteiger partial charge on any atom is -0.508 e. The van der Waals surface area contributed by atoms with Crippen LogP contribution in [0.25, 0.3) is 22.5 Å². The molecule has 0 radical (unpaired) electrons. The third-order valence-electron chi connectivity index (χ3n) is 11.6. The predicted molar refractivity (Wildman–Crippen MR) is 268 cm³/mol. The highest BCUT2D eigenvalue weighted by atomic mass is 32.2. The van der Waals surface area contributed by atoms with Crippen molar-refractivity contribution >= 4 is 39.7 Å². The second kappa shape index (κ2) is 24.3. The molecule has 1 aliphatic heterocycles. The summed E-state index contributed by atoms with van der Waals surface area (Å²) in [5, 5.41) is 45.4. The number of ether oxygens (including phenoxy) is 2. The summed E-state index contributed by atoms with van der Waals surface area (Å²) in [4.78, 5) is 81.3. The Morgan fingerprint density at radius 2 is 1.63 bits per heavy atom. The van der Waals surface area contributed by atoms with Crippen LogP contribution in [0.1, 0.15) is 72.2 Å². The fraction of sp³-hybridized carbons (Fsp3) is 0.388. The SMILES string of the molecule is Cc1nc(-c2ccc(C(C)(C)C)cc2)nc(C)c1C(=O)N[C@@H](CNS(N)(=O)=O)C(=O)N(C)[C@@H]1C(=O)N[C@@H](C)C(=O)N[C@H](C(=O)NCC#N)Cc2ccc(O/C=C(\O)CN)c(c2)-c2cc1ccc2OC[C@H](O)CN. The van der Waals surface area contributed by atoms with Crippen molar-refractivity contribution in [3.63, 3.8) is 0 Å². The molecular formula is C49H62N12O11S. The van der Waals surface area contributed by atoms with Crippen molar-refractivity contribution in [3.8, 4) is 40.1 Å². The van der Waals surface area contributed by atoms with Crippen LogP contribution >= 0.6 is 0 Å². The lowest BCUT2D eigenvalue weighted by atomic mass is 9.86. The standard InChI is InChI=1S/C49H62N12O11S/c1-26-41(27(2)57-43(56-26)30-9-12-32(13-10-30)49(4,5)6)46(66)60-38(23-55-73(53,69)70)48(68)61(7)42-31-11-15-40(72-25-34(63)22-52)36(20-31)35-18-29(8-14-39(35)71-24-33(62)21-51)19-37(45(65)54-17-16-50)59-44(64)28(3)58-47(42)67/h8-15,18,20,24,28,34,37-38,42,55,62-63H,17,19,21-23,25,51-52H2,1-7H3,(H,54,65)(H,58,67)(H,59,64)(H,60,66)(H2,53,69,70)/b33-24-/t28-,34+,37-,38-,42-/m0/s1. The highest BCUT2D eigenvalue weighted by molar-refractivity contribution is 7.87. The number of carbonyl (C=O) groups is 5. The molecule has 3 aromatic carbocycles. The Balaban J connectivity index is 1.66. The van der Waals surface area contributed by atoms with Crippen LogP contribution < -0.4 is 52.1 Å². The van der Waals surface area contributed by atoms with E-state index in [2.05, 4.69) is 52.0 Å². The number of nitrogens with zero attached hydrogens (tertiary/aromatic N) is 4. The molecule has 0 aliphatic carbocycles. The number of aliphatic hydroxyl groups is 2. The zero-order valence-electron chi connectivity index (χ0n) is 41.5. The van der Waals surface area contributed by atoms with Gasteiger partial charge in [-0.15, -0.1) is 0 Å². The molecule has 73 heavy (non-hydrogen) atoms. The number of aliphatic hydroxyl groups excluding tert-OH is 2. The van der Waals surface area contributed by atoms with Crippen LogP contribution in [0.2, 0.25) is 0 Å². The maximum atomic E-state index is 14.9. The molecule has 0 unspecified atom stereocenters. The first-order chi connectivity index (χ1) is 34.3. The number of nitrogens with one attached hydrogen (secondary N) is 5. The van der Waals surface area contributed by atoms with Crippen molar-refractivity contribution in [1.82, 2.24) is 40.9 Å². The van der Waals surface area contributed by atoms with Gasteiger partial charge in [0.05, 0.1) is 29.6 Å². The summed E-state index contributed by atoms with van der Waals surface area (Å²) in [6.07, 6.45) is -0.290. The highest BCUT2D eigenvalue weighted by Crippen LogP contribution is 2.40. The molecule has 23 nitrogen and oxygen atoms in total. The number of nitrogens with two attached hydrogens (primary N) is 3. The average Bonchev–Trinajstić information content (AvgIpc) is 3.34. The van der Waals surface area contributed by atoms with Crippen LogP contribution in [0.4, 0.5) is 0 Å². The van der Waals surface area contributed by atoms with Gasteiger partial charge in [-0.3, -0.25) is 24.0 Å². The fourth-order valence-electron chi connectivity index (χ4n) is 7.70. The first kappa shape index (κ1) is 56.4. The highest BCUT2D eigenvalue weighted by Gasteiger charge is 2.37. The van der Waals surface area contributed by atoms with Gasteiger partial charge in [0.15, 0.2) is 5.82 Å². The van der Waals surface area contributed by atoms with Crippen LogP contribution in [0, 0.1) is 25.2 Å². The van der Waals surface area contributed by atoms with E-state index in [1.165, 1.54) is 38.2 Å². The van der Waals surface area contributed by atoms with E-state index < -0.39 is 83.1 Å². The number of benzene rings is 3. The number of nitriles is 1. The third kappa shape index (κ3) is 14.8. The Kier molecular flexibility index (Phi) is 18.7. The second-order valence-electron chi connectivity index (χ2n) is 18.3. The fourth-order valence-corrected chi connectivity index (χ4v) is 8.10. The summed E-state index contributed by atoms with van der Waals surface area (Å²) >= 11 is 0. The van der Waals surface area contributed by atoms with Gasteiger partial charge in [0.25, 0.3) is 16.1 Å². The number of rotatable bonds is 17. The Bertz CT molecular complexity index is 2880. The van der Waals surface area contributed by atoms with Gasteiger partial charge >= 0.3 is 0 Å². The van der Waals surface area contributed by atoms with Gasteiger partial charge in [0, 0.05) is 43.2 Å². The number of fused-ring (bicyclic) bond motifs is 5. The molecule has 24 heteroatoms. The lowest BCUT2D eigenvalue weighted by molar-refractivity contribution is -0.141. The number of likely N-dealkylation sites (N-methyl/N-ethyl adjacent to an activating group) is 1. The Hall–Kier alpha value is -7.53. The van der Waals surface area contributed by atoms with Crippen molar-refractivity contribution in [3.05, 3.63) is 106 Å². The summed E-state index contributed by atoms with van der Waals surface area (Å²) in [6, 6.07) is 12.3. The largest absolute Gasteiger partial charge is 0.508 e. The van der Waals surface area contributed by atoms with Crippen LogP contribution in [0.5, 0.6) is 11.5 Å².